The fourth-order valence-corrected chi connectivity index (χ4v) is 6.49. The minimum absolute atomic E-state index is 0.0557. The second kappa shape index (κ2) is 12.0. The van der Waals surface area contributed by atoms with Crippen LogP contribution < -0.4 is 5.69 Å². The molecule has 3 heteroatoms. The Morgan fingerprint density at radius 3 is 1.21 bits per heavy atom. The maximum atomic E-state index is 13.2. The summed E-state index contributed by atoms with van der Waals surface area (Å²) in [5.41, 5.74) is 14.2. The maximum absolute atomic E-state index is 13.2. The van der Waals surface area contributed by atoms with E-state index in [0.29, 0.717) is 0 Å². The standard InChI is InChI=1S/C44H32N2O/c1-45-42-20-8-9-21-43(42)46(44(45)47)41-24-22-33(23-25-41)38-28-39(36-18-10-16-34(26-36)31-12-4-2-5-13-31)30-40(29-38)37-19-11-17-35(27-37)32-14-6-3-7-15-32/h2-30H,1H3. The van der Waals surface area contributed by atoms with E-state index in [1.54, 1.807) is 9.13 Å². The van der Waals surface area contributed by atoms with E-state index < -0.39 is 0 Å². The summed E-state index contributed by atoms with van der Waals surface area (Å²) in [6.07, 6.45) is 0. The molecule has 0 unspecified atom stereocenters. The molecule has 3 nitrogen and oxygen atoms in total. The molecule has 0 aliphatic heterocycles. The molecule has 47 heavy (non-hydrogen) atoms. The molecule has 7 aromatic carbocycles. The lowest BCUT2D eigenvalue weighted by Crippen LogP contribution is -2.20. The van der Waals surface area contributed by atoms with Gasteiger partial charge in [0.1, 0.15) is 0 Å². The van der Waals surface area contributed by atoms with Crippen molar-refractivity contribution in [3.8, 4) is 61.3 Å². The molecule has 0 radical (unpaired) electrons. The predicted molar refractivity (Wildman–Crippen MR) is 196 cm³/mol. The van der Waals surface area contributed by atoms with Crippen molar-refractivity contribution >= 4 is 11.0 Å². The largest absolute Gasteiger partial charge is 0.333 e. The first-order valence-corrected chi connectivity index (χ1v) is 15.9. The minimum atomic E-state index is -0.0557. The van der Waals surface area contributed by atoms with Crippen LogP contribution in [0.15, 0.2) is 181 Å². The fraction of sp³-hybridized carbons (Fsp3) is 0.0227. The van der Waals surface area contributed by atoms with Gasteiger partial charge in [-0.3, -0.25) is 9.13 Å². The molecule has 8 aromatic rings. The van der Waals surface area contributed by atoms with Crippen molar-refractivity contribution in [2.75, 3.05) is 0 Å². The highest BCUT2D eigenvalue weighted by Gasteiger charge is 2.13. The molecular formula is C44H32N2O. The van der Waals surface area contributed by atoms with Gasteiger partial charge in [0, 0.05) is 7.05 Å². The molecule has 0 fully saturated rings. The topological polar surface area (TPSA) is 26.9 Å². The van der Waals surface area contributed by atoms with E-state index in [1.165, 1.54) is 22.3 Å². The molecule has 0 bridgehead atoms. The third-order valence-corrected chi connectivity index (χ3v) is 8.96. The first kappa shape index (κ1) is 28.3. The molecule has 0 atom stereocenters. The van der Waals surface area contributed by atoms with Crippen LogP contribution in [0.4, 0.5) is 0 Å². The van der Waals surface area contributed by atoms with Crippen LogP contribution in [-0.4, -0.2) is 9.13 Å². The van der Waals surface area contributed by atoms with Crippen LogP contribution in [0.25, 0.3) is 72.4 Å². The monoisotopic (exact) mass is 604 g/mol. The second-order valence-electron chi connectivity index (χ2n) is 11.9. The van der Waals surface area contributed by atoms with Crippen molar-refractivity contribution in [2.45, 2.75) is 0 Å². The molecule has 0 aliphatic carbocycles. The SMILES string of the molecule is Cn1c(=O)n(-c2ccc(-c3cc(-c4cccc(-c5ccccc5)c4)cc(-c4cccc(-c5ccccc5)c4)c3)cc2)c2ccccc21. The van der Waals surface area contributed by atoms with Gasteiger partial charge in [-0.15, -0.1) is 0 Å². The Balaban J connectivity index is 1.26. The van der Waals surface area contributed by atoms with Gasteiger partial charge in [-0.25, -0.2) is 4.79 Å². The Morgan fingerprint density at radius 1 is 0.340 bits per heavy atom. The van der Waals surface area contributed by atoms with E-state index in [0.717, 1.165) is 50.1 Å². The van der Waals surface area contributed by atoms with Gasteiger partial charge in [0.05, 0.1) is 16.7 Å². The smallest absolute Gasteiger partial charge is 0.295 e. The van der Waals surface area contributed by atoms with Crippen LogP contribution >= 0.6 is 0 Å². The first-order chi connectivity index (χ1) is 23.1. The van der Waals surface area contributed by atoms with Gasteiger partial charge in [0.15, 0.2) is 0 Å². The average molecular weight is 605 g/mol. The highest BCUT2D eigenvalue weighted by atomic mass is 16.1. The van der Waals surface area contributed by atoms with Crippen LogP contribution in [0.5, 0.6) is 0 Å². The quantitative estimate of drug-likeness (QED) is 0.185. The van der Waals surface area contributed by atoms with Gasteiger partial charge in [-0.1, -0.05) is 121 Å². The normalized spacial score (nSPS) is 11.2. The first-order valence-electron chi connectivity index (χ1n) is 15.9. The number of imidazole rings is 1. The minimum Gasteiger partial charge on any atom is -0.295 e. The number of hydrogen-bond acceptors (Lipinski definition) is 1. The molecule has 1 heterocycles. The van der Waals surface area contributed by atoms with Crippen LogP contribution in [-0.2, 0) is 7.05 Å². The van der Waals surface area contributed by atoms with Crippen molar-refractivity contribution in [2.24, 2.45) is 7.05 Å². The molecule has 0 amide bonds. The van der Waals surface area contributed by atoms with E-state index in [9.17, 15) is 4.79 Å². The molecule has 0 spiro atoms. The van der Waals surface area contributed by atoms with E-state index in [2.05, 4.69) is 140 Å². The van der Waals surface area contributed by atoms with E-state index >= 15 is 0 Å². The molecule has 0 N–H and O–H groups in total. The number of nitrogens with zero attached hydrogens (tertiary/aromatic N) is 2. The lowest BCUT2D eigenvalue weighted by Gasteiger charge is -2.14. The molecule has 0 saturated carbocycles. The number of aromatic nitrogens is 2. The number of aryl methyl sites for hydroxylation is 1. The molecule has 0 aliphatic rings. The van der Waals surface area contributed by atoms with Gasteiger partial charge in [-0.05, 0) is 110 Å². The van der Waals surface area contributed by atoms with Crippen molar-refractivity contribution in [3.63, 3.8) is 0 Å². The number of fused-ring (bicyclic) bond motifs is 1. The van der Waals surface area contributed by atoms with Crippen LogP contribution in [0.2, 0.25) is 0 Å². The van der Waals surface area contributed by atoms with Gasteiger partial charge >= 0.3 is 5.69 Å². The zero-order chi connectivity index (χ0) is 31.7. The summed E-state index contributed by atoms with van der Waals surface area (Å²) >= 11 is 0. The molecule has 0 saturated heterocycles. The van der Waals surface area contributed by atoms with Crippen LogP contribution in [0, 0.1) is 0 Å². The summed E-state index contributed by atoms with van der Waals surface area (Å²) in [4.78, 5) is 13.2. The summed E-state index contributed by atoms with van der Waals surface area (Å²) < 4.78 is 3.48. The van der Waals surface area contributed by atoms with Crippen LogP contribution in [0.3, 0.4) is 0 Å². The van der Waals surface area contributed by atoms with E-state index in [4.69, 9.17) is 0 Å². The Bertz CT molecular complexity index is 2320. The number of hydrogen-bond donors (Lipinski definition) is 0. The highest BCUT2D eigenvalue weighted by Crippen LogP contribution is 2.36. The Labute approximate surface area is 274 Å². The number of rotatable bonds is 6. The van der Waals surface area contributed by atoms with Crippen molar-refractivity contribution in [1.29, 1.82) is 0 Å². The zero-order valence-electron chi connectivity index (χ0n) is 26.0. The zero-order valence-corrected chi connectivity index (χ0v) is 26.0. The molecule has 224 valence electrons. The van der Waals surface area contributed by atoms with E-state index in [1.807, 2.05) is 43.4 Å². The summed E-state index contributed by atoms with van der Waals surface area (Å²) in [6, 6.07) is 61.6. The number of benzene rings is 7. The number of para-hydroxylation sites is 2. The summed E-state index contributed by atoms with van der Waals surface area (Å²) in [6.45, 7) is 0. The highest BCUT2D eigenvalue weighted by molar-refractivity contribution is 5.84. The average Bonchev–Trinajstić information content (AvgIpc) is 3.41. The van der Waals surface area contributed by atoms with Crippen molar-refractivity contribution in [3.05, 3.63) is 186 Å². The van der Waals surface area contributed by atoms with Gasteiger partial charge in [-0.2, -0.15) is 0 Å². The second-order valence-corrected chi connectivity index (χ2v) is 11.9. The van der Waals surface area contributed by atoms with Crippen molar-refractivity contribution in [1.82, 2.24) is 9.13 Å². The third-order valence-electron chi connectivity index (χ3n) is 8.96. The lowest BCUT2D eigenvalue weighted by molar-refractivity contribution is 0.846. The predicted octanol–water partition coefficient (Wildman–Crippen LogP) is 10.7. The summed E-state index contributed by atoms with van der Waals surface area (Å²) in [5.74, 6) is 0. The fourth-order valence-electron chi connectivity index (χ4n) is 6.49. The Kier molecular flexibility index (Phi) is 7.20. The van der Waals surface area contributed by atoms with Gasteiger partial charge in [0.2, 0.25) is 0 Å². The van der Waals surface area contributed by atoms with Crippen LogP contribution in [0.1, 0.15) is 0 Å². The molecule has 8 rings (SSSR count). The maximum Gasteiger partial charge on any atom is 0.333 e. The lowest BCUT2D eigenvalue weighted by atomic mass is 9.91. The summed E-state index contributed by atoms with van der Waals surface area (Å²) in [7, 11) is 1.82. The Hall–Kier alpha value is -6.19. The van der Waals surface area contributed by atoms with E-state index in [-0.39, 0.29) is 5.69 Å². The van der Waals surface area contributed by atoms with Gasteiger partial charge in [0.25, 0.3) is 0 Å². The van der Waals surface area contributed by atoms with Gasteiger partial charge < -0.3 is 0 Å². The van der Waals surface area contributed by atoms with Crippen molar-refractivity contribution < 1.29 is 0 Å². The Morgan fingerprint density at radius 2 is 0.702 bits per heavy atom. The summed E-state index contributed by atoms with van der Waals surface area (Å²) in [5, 5.41) is 0. The molecule has 1 aromatic heterocycles. The molecular weight excluding hydrogens is 572 g/mol. The third kappa shape index (κ3) is 5.38.